The largest absolute Gasteiger partial charge is 0.458 e. The molecule has 0 amide bonds. The first-order chi connectivity index (χ1) is 15.7. The molecule has 0 aromatic carbocycles. The van der Waals surface area contributed by atoms with Gasteiger partial charge >= 0.3 is 5.97 Å². The number of hydrogen-bond acceptors (Lipinski definition) is 7. The van der Waals surface area contributed by atoms with Crippen molar-refractivity contribution >= 4 is 23.3 Å². The van der Waals surface area contributed by atoms with Gasteiger partial charge in [-0.2, -0.15) is 0 Å². The van der Waals surface area contributed by atoms with E-state index in [0.717, 1.165) is 0 Å². The standard InChI is InChI=1S/C26H31FO7/c1-13(28)32-12-20(31)26-21(33-23(2,3)34-26)10-16-15-9-18(27)17-8-14(29)6-7-24(17,4)22(15)19(30)11-25(16,26)5/h6-8,15-16,18,21-22H,9-12H2,1-5H3/t15-,16-,18-,21+,22+,24-,25-,26+/m0/s1. The van der Waals surface area contributed by atoms with Gasteiger partial charge in [-0.25, -0.2) is 4.39 Å². The summed E-state index contributed by atoms with van der Waals surface area (Å²) in [4.78, 5) is 50.9. The lowest BCUT2D eigenvalue weighted by molar-refractivity contribution is -0.215. The summed E-state index contributed by atoms with van der Waals surface area (Å²) in [6, 6.07) is 0. The summed E-state index contributed by atoms with van der Waals surface area (Å²) in [6.07, 6.45) is 3.03. The lowest BCUT2D eigenvalue weighted by atomic mass is 9.46. The van der Waals surface area contributed by atoms with Crippen LogP contribution in [-0.4, -0.2) is 53.6 Å². The summed E-state index contributed by atoms with van der Waals surface area (Å²) in [5, 5.41) is 0. The molecule has 4 aliphatic carbocycles. The number of hydrogen-bond donors (Lipinski definition) is 0. The number of esters is 1. The number of Topliss-reactive ketones (excluding diaryl/α,β-unsaturated/α-hetero) is 2. The molecule has 0 aromatic heterocycles. The Hall–Kier alpha value is -2.19. The van der Waals surface area contributed by atoms with Crippen LogP contribution < -0.4 is 0 Å². The number of allylic oxidation sites excluding steroid dienone is 4. The maximum Gasteiger partial charge on any atom is 0.303 e. The Bertz CT molecular complexity index is 1060. The minimum absolute atomic E-state index is 0.0577. The average molecular weight is 475 g/mol. The van der Waals surface area contributed by atoms with Gasteiger partial charge in [-0.15, -0.1) is 0 Å². The lowest BCUT2D eigenvalue weighted by Gasteiger charge is -2.57. The maximum atomic E-state index is 15.5. The number of ketones is 3. The van der Waals surface area contributed by atoms with E-state index in [1.54, 1.807) is 19.9 Å². The number of rotatable bonds is 3. The predicted octanol–water partition coefficient (Wildman–Crippen LogP) is 3.05. The summed E-state index contributed by atoms with van der Waals surface area (Å²) in [5.41, 5.74) is -2.95. The molecule has 8 atom stereocenters. The van der Waals surface area contributed by atoms with Crippen LogP contribution in [0, 0.1) is 28.6 Å². The topological polar surface area (TPSA) is 96.0 Å². The molecule has 1 heterocycles. The number of fused-ring (bicyclic) bond motifs is 7. The van der Waals surface area contributed by atoms with Crippen LogP contribution in [0.1, 0.15) is 53.9 Å². The molecule has 0 radical (unpaired) electrons. The Morgan fingerprint density at radius 2 is 1.88 bits per heavy atom. The number of carbonyl (C=O) groups excluding carboxylic acids is 4. The van der Waals surface area contributed by atoms with Gasteiger partial charge in [0.1, 0.15) is 12.0 Å². The lowest BCUT2D eigenvalue weighted by Crippen LogP contribution is -2.63. The molecule has 3 saturated carbocycles. The minimum atomic E-state index is -1.47. The normalized spacial score (nSPS) is 46.2. The Kier molecular flexibility index (Phi) is 4.96. The molecule has 5 rings (SSSR count). The van der Waals surface area contributed by atoms with E-state index in [1.807, 2.05) is 13.8 Å². The number of ether oxygens (including phenoxy) is 3. The third kappa shape index (κ3) is 2.94. The zero-order valence-corrected chi connectivity index (χ0v) is 20.2. The Labute approximate surface area is 198 Å². The van der Waals surface area contributed by atoms with Crippen molar-refractivity contribution in [1.82, 2.24) is 0 Å². The van der Waals surface area contributed by atoms with Gasteiger partial charge in [-0.3, -0.25) is 19.2 Å². The van der Waals surface area contributed by atoms with Crippen molar-refractivity contribution in [3.05, 3.63) is 23.8 Å². The minimum Gasteiger partial charge on any atom is -0.458 e. The molecule has 184 valence electrons. The summed E-state index contributed by atoms with van der Waals surface area (Å²) >= 11 is 0. The van der Waals surface area contributed by atoms with Crippen molar-refractivity contribution in [3.63, 3.8) is 0 Å². The number of carbonyl (C=O) groups is 4. The molecule has 0 unspecified atom stereocenters. The molecule has 0 aromatic rings. The van der Waals surface area contributed by atoms with Crippen molar-refractivity contribution in [2.24, 2.45) is 28.6 Å². The molecule has 7 nitrogen and oxygen atoms in total. The van der Waals surface area contributed by atoms with E-state index >= 15 is 4.39 Å². The summed E-state index contributed by atoms with van der Waals surface area (Å²) in [7, 11) is 0. The van der Waals surface area contributed by atoms with Crippen molar-refractivity contribution in [3.8, 4) is 0 Å². The fourth-order valence-electron chi connectivity index (χ4n) is 7.91. The summed E-state index contributed by atoms with van der Waals surface area (Å²) < 4.78 is 33.1. The van der Waals surface area contributed by atoms with Crippen LogP contribution in [0.15, 0.2) is 23.8 Å². The van der Waals surface area contributed by atoms with Gasteiger partial charge in [0, 0.05) is 30.1 Å². The molecule has 4 fully saturated rings. The molecule has 0 bridgehead atoms. The van der Waals surface area contributed by atoms with Gasteiger partial charge in [0.15, 0.2) is 23.8 Å². The van der Waals surface area contributed by atoms with Crippen LogP contribution in [0.5, 0.6) is 0 Å². The van der Waals surface area contributed by atoms with Gasteiger partial charge in [0.25, 0.3) is 0 Å². The fourth-order valence-corrected chi connectivity index (χ4v) is 7.91. The van der Waals surface area contributed by atoms with E-state index in [4.69, 9.17) is 14.2 Å². The van der Waals surface area contributed by atoms with E-state index < -0.39 is 58.8 Å². The van der Waals surface area contributed by atoms with Gasteiger partial charge in [-0.1, -0.05) is 19.9 Å². The van der Waals surface area contributed by atoms with E-state index in [-0.39, 0.29) is 36.2 Å². The first-order valence-corrected chi connectivity index (χ1v) is 11.9. The van der Waals surface area contributed by atoms with E-state index in [2.05, 4.69) is 0 Å². The highest BCUT2D eigenvalue weighted by atomic mass is 19.1. The van der Waals surface area contributed by atoms with Crippen molar-refractivity contribution in [1.29, 1.82) is 0 Å². The van der Waals surface area contributed by atoms with E-state index in [0.29, 0.717) is 12.0 Å². The summed E-state index contributed by atoms with van der Waals surface area (Å²) in [5.74, 6) is -3.49. The highest BCUT2D eigenvalue weighted by molar-refractivity contribution is 6.02. The zero-order valence-electron chi connectivity index (χ0n) is 20.2. The summed E-state index contributed by atoms with van der Waals surface area (Å²) in [6.45, 7) is 7.89. The van der Waals surface area contributed by atoms with Crippen molar-refractivity contribution in [2.75, 3.05) is 6.61 Å². The van der Waals surface area contributed by atoms with Crippen LogP contribution in [0.2, 0.25) is 0 Å². The average Bonchev–Trinajstić information content (AvgIpc) is 3.13. The van der Waals surface area contributed by atoms with Gasteiger partial charge in [0.05, 0.1) is 6.10 Å². The Balaban J connectivity index is 1.59. The van der Waals surface area contributed by atoms with Crippen LogP contribution in [0.3, 0.4) is 0 Å². The Morgan fingerprint density at radius 1 is 1.18 bits per heavy atom. The van der Waals surface area contributed by atoms with E-state index in [1.165, 1.54) is 19.1 Å². The highest BCUT2D eigenvalue weighted by Crippen LogP contribution is 2.69. The molecule has 0 N–H and O–H groups in total. The van der Waals surface area contributed by atoms with Crippen molar-refractivity contribution < 1.29 is 37.8 Å². The first-order valence-electron chi connectivity index (χ1n) is 11.9. The smallest absolute Gasteiger partial charge is 0.303 e. The molecule has 1 saturated heterocycles. The van der Waals surface area contributed by atoms with Crippen LogP contribution in [-0.2, 0) is 33.4 Å². The van der Waals surface area contributed by atoms with Crippen LogP contribution in [0.4, 0.5) is 4.39 Å². The highest BCUT2D eigenvalue weighted by Gasteiger charge is 2.77. The molecule has 0 spiro atoms. The second kappa shape index (κ2) is 7.17. The quantitative estimate of drug-likeness (QED) is 0.580. The van der Waals surface area contributed by atoms with E-state index in [9.17, 15) is 19.2 Å². The fraction of sp³-hybridized carbons (Fsp3) is 0.692. The van der Waals surface area contributed by atoms with Crippen LogP contribution in [0.25, 0.3) is 0 Å². The third-order valence-corrected chi connectivity index (χ3v) is 9.05. The first kappa shape index (κ1) is 23.5. The Morgan fingerprint density at radius 3 is 2.56 bits per heavy atom. The maximum absolute atomic E-state index is 15.5. The molecule has 34 heavy (non-hydrogen) atoms. The SMILES string of the molecule is CC(=O)OCC(=O)[C@@]12OC(C)(C)O[C@@H]1C[C@H]1[C@@H]3C[C@H](F)C4=CC(=O)C=C[C@]4(C)[C@H]3C(=O)C[C@@]12C. The third-order valence-electron chi connectivity index (χ3n) is 9.05. The van der Waals surface area contributed by atoms with Gasteiger partial charge < -0.3 is 14.2 Å². The molecular weight excluding hydrogens is 443 g/mol. The number of halogens is 1. The van der Waals surface area contributed by atoms with Gasteiger partial charge in [-0.05, 0) is 56.3 Å². The molecule has 8 heteroatoms. The van der Waals surface area contributed by atoms with Crippen LogP contribution >= 0.6 is 0 Å². The van der Waals surface area contributed by atoms with Gasteiger partial charge in [0.2, 0.25) is 5.78 Å². The molecular formula is C26H31FO7. The number of alkyl halides is 1. The molecule has 1 aliphatic heterocycles. The van der Waals surface area contributed by atoms with Crippen molar-refractivity contribution in [2.45, 2.75) is 77.5 Å². The predicted molar refractivity (Wildman–Crippen MR) is 117 cm³/mol. The second-order valence-corrected chi connectivity index (χ2v) is 11.4. The monoisotopic (exact) mass is 474 g/mol. The molecule has 5 aliphatic rings. The second-order valence-electron chi connectivity index (χ2n) is 11.4. The zero-order chi connectivity index (χ0) is 24.8.